The fraction of sp³-hybridized carbons (Fsp3) is 0.312. The summed E-state index contributed by atoms with van der Waals surface area (Å²) in [5.41, 5.74) is 0.755. The van der Waals surface area contributed by atoms with Crippen LogP contribution in [0, 0.1) is 0 Å². The molecule has 0 unspecified atom stereocenters. The maximum Gasteiger partial charge on any atom is 0.407 e. The minimum Gasteiger partial charge on any atom is -0.466 e. The van der Waals surface area contributed by atoms with E-state index in [2.05, 4.69) is 10.1 Å². The number of rotatable bonds is 7. The number of alkyl carbamates (subject to hydrolysis) is 1. The van der Waals surface area contributed by atoms with E-state index in [1.807, 2.05) is 6.07 Å². The third-order valence-corrected chi connectivity index (χ3v) is 2.72. The highest BCUT2D eigenvalue weighted by molar-refractivity contribution is 5.91. The van der Waals surface area contributed by atoms with Crippen molar-refractivity contribution in [2.24, 2.45) is 0 Å². The minimum absolute atomic E-state index is 0.104. The molecule has 0 saturated heterocycles. The average Bonchev–Trinajstić information content (AvgIpc) is 2.57. The predicted molar refractivity (Wildman–Crippen MR) is 81.5 cm³/mol. The van der Waals surface area contributed by atoms with E-state index in [0.717, 1.165) is 17.7 Å². The Morgan fingerprint density at radius 3 is 2.35 bits per heavy atom. The summed E-state index contributed by atoms with van der Waals surface area (Å²) in [6.07, 6.45) is 1.30. The Kier molecular flexibility index (Phi) is 7.91. The molecule has 124 valence electrons. The van der Waals surface area contributed by atoms with Crippen LogP contribution in [-0.4, -0.2) is 38.4 Å². The maximum atomic E-state index is 11.6. The largest absolute Gasteiger partial charge is 0.466 e. The van der Waals surface area contributed by atoms with Crippen molar-refractivity contribution in [1.82, 2.24) is 5.32 Å². The van der Waals surface area contributed by atoms with Crippen LogP contribution in [0.2, 0.25) is 0 Å². The molecular weight excluding hydrogens is 302 g/mol. The first kappa shape index (κ1) is 18.2. The highest BCUT2D eigenvalue weighted by Gasteiger charge is 2.17. The van der Waals surface area contributed by atoms with Crippen LogP contribution < -0.4 is 5.32 Å². The van der Waals surface area contributed by atoms with Gasteiger partial charge in [-0.1, -0.05) is 30.3 Å². The lowest BCUT2D eigenvalue weighted by Gasteiger charge is -2.18. The summed E-state index contributed by atoms with van der Waals surface area (Å²) < 4.78 is 14.2. The molecule has 0 radical (unpaired) electrons. The van der Waals surface area contributed by atoms with E-state index < -0.39 is 24.1 Å². The van der Waals surface area contributed by atoms with Crippen LogP contribution in [0.3, 0.4) is 0 Å². The molecule has 1 aromatic rings. The molecule has 1 atom stereocenters. The number of carbonyl (C=O) groups excluding carboxylic acids is 3. The minimum atomic E-state index is -0.720. The van der Waals surface area contributed by atoms with Crippen LogP contribution in [0.15, 0.2) is 42.5 Å². The van der Waals surface area contributed by atoms with E-state index >= 15 is 0 Å². The first-order valence-electron chi connectivity index (χ1n) is 6.97. The third kappa shape index (κ3) is 7.12. The zero-order valence-electron chi connectivity index (χ0n) is 13.0. The molecule has 1 N–H and O–H groups in total. The number of hydrogen-bond donors (Lipinski definition) is 1. The highest BCUT2D eigenvalue weighted by Crippen LogP contribution is 2.13. The summed E-state index contributed by atoms with van der Waals surface area (Å²) >= 11 is 0. The molecule has 0 spiro atoms. The first-order chi connectivity index (χ1) is 11.1. The zero-order chi connectivity index (χ0) is 17.1. The standard InChI is InChI=1S/C16H19NO6/c1-3-22-16(20)17-13(12-7-5-4-6-8-12)11-23-15(19)10-9-14(18)21-2/h4-10,13H,3,11H2,1-2H3,(H,17,20)/b10-9+/t13-/m1/s1. The quantitative estimate of drug-likeness (QED) is 0.467. The fourth-order valence-electron chi connectivity index (χ4n) is 1.64. The molecule has 23 heavy (non-hydrogen) atoms. The Bertz CT molecular complexity index is 555. The van der Waals surface area contributed by atoms with Crippen LogP contribution >= 0.6 is 0 Å². The molecule has 0 saturated carbocycles. The summed E-state index contributed by atoms with van der Waals surface area (Å²) in [5.74, 6) is -1.38. The van der Waals surface area contributed by atoms with E-state index in [4.69, 9.17) is 9.47 Å². The second kappa shape index (κ2) is 9.99. The fourth-order valence-corrected chi connectivity index (χ4v) is 1.64. The molecule has 7 heteroatoms. The Morgan fingerprint density at radius 2 is 1.74 bits per heavy atom. The molecule has 0 bridgehead atoms. The van der Waals surface area contributed by atoms with Crippen molar-refractivity contribution < 1.29 is 28.6 Å². The van der Waals surface area contributed by atoms with E-state index in [9.17, 15) is 14.4 Å². The summed E-state index contributed by atoms with van der Waals surface area (Å²) in [4.78, 5) is 34.0. The third-order valence-electron chi connectivity index (χ3n) is 2.72. The van der Waals surface area contributed by atoms with Gasteiger partial charge < -0.3 is 19.5 Å². The van der Waals surface area contributed by atoms with Gasteiger partial charge in [-0.15, -0.1) is 0 Å². The van der Waals surface area contributed by atoms with Gasteiger partial charge in [-0.05, 0) is 12.5 Å². The first-order valence-corrected chi connectivity index (χ1v) is 6.97. The van der Waals surface area contributed by atoms with Crippen molar-refractivity contribution in [3.63, 3.8) is 0 Å². The lowest BCUT2D eigenvalue weighted by molar-refractivity contribution is -0.139. The van der Waals surface area contributed by atoms with Crippen molar-refractivity contribution in [2.45, 2.75) is 13.0 Å². The highest BCUT2D eigenvalue weighted by atomic mass is 16.6. The Labute approximate surface area is 134 Å². The summed E-state index contributed by atoms with van der Waals surface area (Å²) in [6.45, 7) is 1.82. The van der Waals surface area contributed by atoms with E-state index in [1.54, 1.807) is 31.2 Å². The second-order valence-electron chi connectivity index (χ2n) is 4.31. The van der Waals surface area contributed by atoms with Gasteiger partial charge in [0.15, 0.2) is 0 Å². The Morgan fingerprint density at radius 1 is 1.09 bits per heavy atom. The van der Waals surface area contributed by atoms with Crippen molar-refractivity contribution in [3.8, 4) is 0 Å². The van der Waals surface area contributed by atoms with Gasteiger partial charge in [-0.2, -0.15) is 0 Å². The SMILES string of the molecule is CCOC(=O)N[C@H](COC(=O)/C=C/C(=O)OC)c1ccccc1. The summed E-state index contributed by atoms with van der Waals surface area (Å²) in [7, 11) is 1.20. The lowest BCUT2D eigenvalue weighted by Crippen LogP contribution is -2.32. The second-order valence-corrected chi connectivity index (χ2v) is 4.31. The van der Waals surface area contributed by atoms with Crippen LogP contribution in [0.5, 0.6) is 0 Å². The van der Waals surface area contributed by atoms with Gasteiger partial charge in [-0.3, -0.25) is 0 Å². The van der Waals surface area contributed by atoms with Crippen molar-refractivity contribution >= 4 is 18.0 Å². The number of nitrogens with one attached hydrogen (secondary N) is 1. The molecule has 1 rings (SSSR count). The van der Waals surface area contributed by atoms with E-state index in [0.29, 0.717) is 0 Å². The van der Waals surface area contributed by atoms with Crippen LogP contribution in [0.4, 0.5) is 4.79 Å². The van der Waals surface area contributed by atoms with Crippen LogP contribution in [0.25, 0.3) is 0 Å². The molecule has 1 amide bonds. The topological polar surface area (TPSA) is 90.9 Å². The number of methoxy groups -OCH3 is 1. The van der Waals surface area contributed by atoms with Gasteiger partial charge in [0.2, 0.25) is 0 Å². The Balaban J connectivity index is 2.66. The molecule has 1 aromatic carbocycles. The van der Waals surface area contributed by atoms with Crippen LogP contribution in [-0.2, 0) is 23.8 Å². The average molecular weight is 321 g/mol. The van der Waals surface area contributed by atoms with Gasteiger partial charge in [0.1, 0.15) is 6.61 Å². The Hall–Kier alpha value is -2.83. The lowest BCUT2D eigenvalue weighted by atomic mass is 10.1. The molecule has 0 aliphatic heterocycles. The number of carbonyl (C=O) groups is 3. The van der Waals surface area contributed by atoms with Gasteiger partial charge in [0.25, 0.3) is 0 Å². The normalized spacial score (nSPS) is 11.6. The number of ether oxygens (including phenoxy) is 3. The number of esters is 2. The van der Waals surface area contributed by atoms with Gasteiger partial charge in [-0.25, -0.2) is 14.4 Å². The van der Waals surface area contributed by atoms with E-state index in [1.165, 1.54) is 7.11 Å². The molecule has 0 aliphatic rings. The number of benzene rings is 1. The van der Waals surface area contributed by atoms with Gasteiger partial charge >= 0.3 is 18.0 Å². The molecular formula is C16H19NO6. The van der Waals surface area contributed by atoms with Crippen molar-refractivity contribution in [2.75, 3.05) is 20.3 Å². The molecule has 0 heterocycles. The molecule has 0 fully saturated rings. The summed E-state index contributed by atoms with van der Waals surface area (Å²) in [5, 5.41) is 2.61. The maximum absolute atomic E-state index is 11.6. The van der Waals surface area contributed by atoms with Gasteiger partial charge in [0.05, 0.1) is 19.8 Å². The van der Waals surface area contributed by atoms with Crippen molar-refractivity contribution in [3.05, 3.63) is 48.0 Å². The van der Waals surface area contributed by atoms with Gasteiger partial charge in [0, 0.05) is 12.2 Å². The predicted octanol–water partition coefficient (Wildman–Crippen LogP) is 1.75. The van der Waals surface area contributed by atoms with Crippen molar-refractivity contribution in [1.29, 1.82) is 0 Å². The zero-order valence-corrected chi connectivity index (χ0v) is 13.0. The van der Waals surface area contributed by atoms with E-state index in [-0.39, 0.29) is 13.2 Å². The summed E-state index contributed by atoms with van der Waals surface area (Å²) in [6, 6.07) is 8.44. The molecule has 0 aliphatic carbocycles. The van der Waals surface area contributed by atoms with Crippen LogP contribution in [0.1, 0.15) is 18.5 Å². The smallest absolute Gasteiger partial charge is 0.407 e. The monoisotopic (exact) mass is 321 g/mol. The number of amides is 1. The number of hydrogen-bond acceptors (Lipinski definition) is 6. The molecule has 7 nitrogen and oxygen atoms in total. The molecule has 0 aromatic heterocycles.